The number of anilines is 1. The van der Waals surface area contributed by atoms with E-state index in [-0.39, 0.29) is 5.91 Å². The average molecular weight is 303 g/mol. The molecule has 1 aromatic carbocycles. The van der Waals surface area contributed by atoms with E-state index in [9.17, 15) is 4.79 Å². The minimum absolute atomic E-state index is 0.0576. The fraction of sp³-hybridized carbons (Fsp3) is 0.588. The van der Waals surface area contributed by atoms with Crippen molar-refractivity contribution in [2.75, 3.05) is 45.2 Å². The summed E-state index contributed by atoms with van der Waals surface area (Å²) in [6, 6.07) is 8.26. The molecule has 3 rings (SSSR count). The molecule has 22 heavy (non-hydrogen) atoms. The largest absolute Gasteiger partial charge is 0.497 e. The molecular formula is C17H25N3O2. The highest BCUT2D eigenvalue weighted by Gasteiger charge is 2.28. The highest BCUT2D eigenvalue weighted by atomic mass is 16.5. The monoisotopic (exact) mass is 303 g/mol. The second-order valence-electron chi connectivity index (χ2n) is 6.17. The number of nitrogens with zero attached hydrogens (tertiary/aromatic N) is 2. The number of nitrogens with one attached hydrogen (secondary N) is 1. The Morgan fingerprint density at radius 2 is 1.86 bits per heavy atom. The summed E-state index contributed by atoms with van der Waals surface area (Å²) < 4.78 is 5.11. The van der Waals surface area contributed by atoms with E-state index in [1.807, 2.05) is 24.3 Å². The van der Waals surface area contributed by atoms with Gasteiger partial charge in [-0.2, -0.15) is 0 Å². The van der Waals surface area contributed by atoms with Crippen LogP contribution in [0.1, 0.15) is 19.3 Å². The van der Waals surface area contributed by atoms with Crippen molar-refractivity contribution >= 4 is 11.6 Å². The Balaban J connectivity index is 1.41. The van der Waals surface area contributed by atoms with Gasteiger partial charge in [-0.25, -0.2) is 0 Å². The Kier molecular flexibility index (Phi) is 4.95. The number of ether oxygens (including phenoxy) is 1. The first kappa shape index (κ1) is 15.3. The van der Waals surface area contributed by atoms with Crippen LogP contribution in [0.25, 0.3) is 0 Å². The number of hydrogen-bond acceptors (Lipinski definition) is 4. The zero-order valence-corrected chi connectivity index (χ0v) is 13.3. The zero-order chi connectivity index (χ0) is 15.4. The number of hydrogen-bond donors (Lipinski definition) is 1. The van der Waals surface area contributed by atoms with Crippen LogP contribution in [0.5, 0.6) is 5.75 Å². The van der Waals surface area contributed by atoms with Crippen molar-refractivity contribution in [2.24, 2.45) is 0 Å². The summed E-state index contributed by atoms with van der Waals surface area (Å²) in [5, 5.41) is 2.95. The quantitative estimate of drug-likeness (QED) is 0.901. The molecule has 120 valence electrons. The first-order valence-corrected chi connectivity index (χ1v) is 8.15. The van der Waals surface area contributed by atoms with E-state index in [0.29, 0.717) is 6.54 Å². The minimum atomic E-state index is 0.0576. The number of rotatable bonds is 5. The topological polar surface area (TPSA) is 44.8 Å². The summed E-state index contributed by atoms with van der Waals surface area (Å²) >= 11 is 0. The molecule has 1 N–H and O–H groups in total. The van der Waals surface area contributed by atoms with Gasteiger partial charge in [0.15, 0.2) is 0 Å². The number of benzene rings is 1. The molecule has 0 aromatic heterocycles. The van der Waals surface area contributed by atoms with Gasteiger partial charge in [0.25, 0.3) is 0 Å². The summed E-state index contributed by atoms with van der Waals surface area (Å²) in [5.41, 5.74) is 0.818. The molecule has 0 unspecified atom stereocenters. The molecule has 2 aliphatic rings. The van der Waals surface area contributed by atoms with Gasteiger partial charge in [-0.15, -0.1) is 0 Å². The van der Waals surface area contributed by atoms with Gasteiger partial charge in [-0.3, -0.25) is 14.6 Å². The van der Waals surface area contributed by atoms with E-state index in [4.69, 9.17) is 4.74 Å². The van der Waals surface area contributed by atoms with Gasteiger partial charge < -0.3 is 10.1 Å². The van der Waals surface area contributed by atoms with Gasteiger partial charge in [0.05, 0.1) is 13.7 Å². The van der Waals surface area contributed by atoms with Crippen molar-refractivity contribution in [1.82, 2.24) is 9.80 Å². The van der Waals surface area contributed by atoms with Crippen molar-refractivity contribution < 1.29 is 9.53 Å². The summed E-state index contributed by atoms with van der Waals surface area (Å²) in [6.07, 6.45) is 4.10. The molecule has 0 bridgehead atoms. The van der Waals surface area contributed by atoms with Crippen LogP contribution >= 0.6 is 0 Å². The van der Waals surface area contributed by atoms with Gasteiger partial charge >= 0.3 is 0 Å². The lowest BCUT2D eigenvalue weighted by molar-refractivity contribution is -0.117. The Bertz CT molecular complexity index is 491. The van der Waals surface area contributed by atoms with Crippen LogP contribution in [0.15, 0.2) is 24.3 Å². The lowest BCUT2D eigenvalue weighted by atomic mass is 9.91. The predicted octanol–water partition coefficient (Wildman–Crippen LogP) is 1.80. The third-order valence-electron chi connectivity index (χ3n) is 4.74. The molecular weight excluding hydrogens is 278 g/mol. The Morgan fingerprint density at radius 3 is 2.41 bits per heavy atom. The zero-order valence-electron chi connectivity index (χ0n) is 13.3. The molecule has 0 spiro atoms. The van der Waals surface area contributed by atoms with Crippen molar-refractivity contribution in [3.63, 3.8) is 0 Å². The summed E-state index contributed by atoms with van der Waals surface area (Å²) in [7, 11) is 1.64. The molecule has 5 heteroatoms. The van der Waals surface area contributed by atoms with Crippen LogP contribution in [0.2, 0.25) is 0 Å². The third-order valence-corrected chi connectivity index (χ3v) is 4.74. The second kappa shape index (κ2) is 7.11. The van der Waals surface area contributed by atoms with Crippen molar-refractivity contribution in [1.29, 1.82) is 0 Å². The van der Waals surface area contributed by atoms with Crippen LogP contribution in [-0.4, -0.2) is 61.6 Å². The number of carbonyl (C=O) groups excluding carboxylic acids is 1. The maximum absolute atomic E-state index is 12.1. The van der Waals surface area contributed by atoms with E-state index < -0.39 is 0 Å². The molecule has 1 aliphatic heterocycles. The van der Waals surface area contributed by atoms with Gasteiger partial charge in [0.2, 0.25) is 5.91 Å². The van der Waals surface area contributed by atoms with Gasteiger partial charge in [-0.1, -0.05) is 6.42 Å². The molecule has 0 atom stereocenters. The molecule has 5 nitrogen and oxygen atoms in total. The molecule has 1 aliphatic carbocycles. The van der Waals surface area contributed by atoms with E-state index in [1.165, 1.54) is 19.3 Å². The molecule has 1 saturated heterocycles. The third kappa shape index (κ3) is 3.78. The SMILES string of the molecule is COc1ccc(NC(=O)CN2CCN(C3CCC3)CC2)cc1. The second-order valence-corrected chi connectivity index (χ2v) is 6.17. The lowest BCUT2D eigenvalue weighted by Crippen LogP contribution is -2.53. The molecule has 1 heterocycles. The molecule has 2 fully saturated rings. The Morgan fingerprint density at radius 1 is 1.18 bits per heavy atom. The smallest absolute Gasteiger partial charge is 0.238 e. The first-order chi connectivity index (χ1) is 10.7. The maximum atomic E-state index is 12.1. The summed E-state index contributed by atoms with van der Waals surface area (Å²) in [6.45, 7) is 4.66. The maximum Gasteiger partial charge on any atom is 0.238 e. The Hall–Kier alpha value is -1.59. The van der Waals surface area contributed by atoms with Gasteiger partial charge in [0, 0.05) is 37.9 Å². The van der Waals surface area contributed by atoms with E-state index in [1.54, 1.807) is 7.11 Å². The fourth-order valence-electron chi connectivity index (χ4n) is 3.12. The average Bonchev–Trinajstić information content (AvgIpc) is 2.48. The van der Waals surface area contributed by atoms with Crippen molar-refractivity contribution in [3.8, 4) is 5.75 Å². The molecule has 1 aromatic rings. The first-order valence-electron chi connectivity index (χ1n) is 8.15. The summed E-state index contributed by atoms with van der Waals surface area (Å²) in [5.74, 6) is 0.854. The van der Waals surface area contributed by atoms with Crippen molar-refractivity contribution in [3.05, 3.63) is 24.3 Å². The highest BCUT2D eigenvalue weighted by Crippen LogP contribution is 2.25. The number of amides is 1. The predicted molar refractivity (Wildman–Crippen MR) is 87.3 cm³/mol. The van der Waals surface area contributed by atoms with Crippen LogP contribution in [-0.2, 0) is 4.79 Å². The van der Waals surface area contributed by atoms with Crippen molar-refractivity contribution in [2.45, 2.75) is 25.3 Å². The summed E-state index contributed by atoms with van der Waals surface area (Å²) in [4.78, 5) is 16.9. The molecule has 1 saturated carbocycles. The van der Waals surface area contributed by atoms with Gasteiger partial charge in [0.1, 0.15) is 5.75 Å². The Labute approximate surface area is 132 Å². The van der Waals surface area contributed by atoms with E-state index in [0.717, 1.165) is 43.7 Å². The normalized spacial score (nSPS) is 20.4. The number of piperazine rings is 1. The van der Waals surface area contributed by atoms with Crippen LogP contribution in [0.3, 0.4) is 0 Å². The van der Waals surface area contributed by atoms with Crippen LogP contribution in [0.4, 0.5) is 5.69 Å². The lowest BCUT2D eigenvalue weighted by Gasteiger charge is -2.42. The standard InChI is InChI=1S/C17H25N3O2/c1-22-16-7-5-14(6-8-16)18-17(21)13-19-9-11-20(12-10-19)15-3-2-4-15/h5-8,15H,2-4,9-13H2,1H3,(H,18,21). The minimum Gasteiger partial charge on any atom is -0.497 e. The molecule has 0 radical (unpaired) electrons. The van der Waals surface area contributed by atoms with Gasteiger partial charge in [-0.05, 0) is 37.1 Å². The van der Waals surface area contributed by atoms with Crippen LogP contribution in [0, 0.1) is 0 Å². The number of methoxy groups -OCH3 is 1. The van der Waals surface area contributed by atoms with E-state index in [2.05, 4.69) is 15.1 Å². The highest BCUT2D eigenvalue weighted by molar-refractivity contribution is 5.92. The van der Waals surface area contributed by atoms with E-state index >= 15 is 0 Å². The fourth-order valence-corrected chi connectivity index (χ4v) is 3.12. The molecule has 1 amide bonds. The van der Waals surface area contributed by atoms with Crippen LogP contribution < -0.4 is 10.1 Å². The number of carbonyl (C=O) groups is 1.